The second kappa shape index (κ2) is 2.99. The Bertz CT molecular complexity index is 550. The molecule has 0 aliphatic carbocycles. The maximum Gasteiger partial charge on any atom is 0.280 e. The van der Waals surface area contributed by atoms with Crippen molar-refractivity contribution in [2.24, 2.45) is 0 Å². The summed E-state index contributed by atoms with van der Waals surface area (Å²) in [5, 5.41) is 0. The summed E-state index contributed by atoms with van der Waals surface area (Å²) < 4.78 is 1.64. The van der Waals surface area contributed by atoms with E-state index in [1.165, 1.54) is 6.33 Å². The molecule has 3 N–H and O–H groups in total. The minimum Gasteiger partial charge on any atom is -0.369 e. The zero-order valence-corrected chi connectivity index (χ0v) is 7.56. The zero-order chi connectivity index (χ0) is 10.1. The van der Waals surface area contributed by atoms with Crippen molar-refractivity contribution in [3.05, 3.63) is 22.8 Å². The van der Waals surface area contributed by atoms with Gasteiger partial charge in [0.05, 0.1) is 0 Å². The van der Waals surface area contributed by atoms with Crippen LogP contribution >= 0.6 is 0 Å². The van der Waals surface area contributed by atoms with Gasteiger partial charge in [-0.3, -0.25) is 14.3 Å². The van der Waals surface area contributed by atoms with Gasteiger partial charge in [0.1, 0.15) is 6.33 Å². The van der Waals surface area contributed by atoms with E-state index >= 15 is 0 Å². The number of fused-ring (bicyclic) bond motifs is 1. The average Bonchev–Trinajstić information content (AvgIpc) is 2.49. The van der Waals surface area contributed by atoms with Crippen LogP contribution < -0.4 is 11.3 Å². The summed E-state index contributed by atoms with van der Waals surface area (Å²) in [6, 6.07) is 0. The summed E-state index contributed by atoms with van der Waals surface area (Å²) in [5.41, 5.74) is 5.85. The van der Waals surface area contributed by atoms with Gasteiger partial charge in [-0.2, -0.15) is 4.98 Å². The first kappa shape index (κ1) is 8.49. The molecule has 0 amide bonds. The molecule has 2 aromatic heterocycles. The fourth-order valence-corrected chi connectivity index (χ4v) is 1.21. The molecule has 0 bridgehead atoms. The number of allylic oxidation sites excluding steroid dienone is 1. The van der Waals surface area contributed by atoms with Crippen molar-refractivity contribution in [3.63, 3.8) is 0 Å². The van der Waals surface area contributed by atoms with Crippen LogP contribution in [0.25, 0.3) is 17.4 Å². The van der Waals surface area contributed by atoms with E-state index in [2.05, 4.69) is 15.0 Å². The molecule has 6 nitrogen and oxygen atoms in total. The minimum absolute atomic E-state index is 0.0914. The number of aromatic nitrogens is 4. The Morgan fingerprint density at radius 1 is 1.64 bits per heavy atom. The highest BCUT2D eigenvalue weighted by atomic mass is 16.1. The molecular formula is C8H9N5O. The third-order valence-electron chi connectivity index (χ3n) is 1.76. The third-order valence-corrected chi connectivity index (χ3v) is 1.76. The van der Waals surface area contributed by atoms with E-state index in [4.69, 9.17) is 5.73 Å². The highest BCUT2D eigenvalue weighted by Crippen LogP contribution is 2.06. The lowest BCUT2D eigenvalue weighted by Crippen LogP contribution is -2.11. The fourth-order valence-electron chi connectivity index (χ4n) is 1.21. The van der Waals surface area contributed by atoms with E-state index in [0.717, 1.165) is 0 Å². The molecule has 0 fully saturated rings. The Hall–Kier alpha value is -2.11. The Morgan fingerprint density at radius 3 is 3.14 bits per heavy atom. The van der Waals surface area contributed by atoms with E-state index in [9.17, 15) is 4.79 Å². The molecule has 2 aromatic rings. The van der Waals surface area contributed by atoms with Crippen LogP contribution in [-0.4, -0.2) is 19.5 Å². The van der Waals surface area contributed by atoms with Gasteiger partial charge in [-0.1, -0.05) is 6.08 Å². The predicted octanol–water partition coefficient (Wildman–Crippen LogP) is 0.192. The van der Waals surface area contributed by atoms with Gasteiger partial charge in [0.2, 0.25) is 5.95 Å². The minimum atomic E-state index is -0.323. The van der Waals surface area contributed by atoms with Crippen molar-refractivity contribution in [2.75, 3.05) is 5.73 Å². The number of nitrogens with zero attached hydrogens (tertiary/aromatic N) is 3. The van der Waals surface area contributed by atoms with Gasteiger partial charge in [0, 0.05) is 6.20 Å². The smallest absolute Gasteiger partial charge is 0.280 e. The summed E-state index contributed by atoms with van der Waals surface area (Å²) in [4.78, 5) is 21.6. The maximum absolute atomic E-state index is 11.3. The van der Waals surface area contributed by atoms with Crippen molar-refractivity contribution < 1.29 is 0 Å². The number of rotatable bonds is 1. The lowest BCUT2D eigenvalue weighted by atomic mass is 10.5. The second-order valence-corrected chi connectivity index (χ2v) is 2.76. The van der Waals surface area contributed by atoms with Gasteiger partial charge >= 0.3 is 0 Å². The Labute approximate surface area is 79.1 Å². The van der Waals surface area contributed by atoms with Gasteiger partial charge in [-0.15, -0.1) is 0 Å². The molecule has 0 saturated carbocycles. The van der Waals surface area contributed by atoms with Gasteiger partial charge in [-0.25, -0.2) is 4.98 Å². The van der Waals surface area contributed by atoms with Crippen LogP contribution in [0, 0.1) is 0 Å². The quantitative estimate of drug-likeness (QED) is 0.673. The molecule has 2 heterocycles. The number of hydrogen-bond donors (Lipinski definition) is 2. The number of nitrogens with two attached hydrogens (primary N) is 1. The molecule has 0 unspecified atom stereocenters. The summed E-state index contributed by atoms with van der Waals surface area (Å²) >= 11 is 0. The van der Waals surface area contributed by atoms with Crippen LogP contribution in [0.15, 0.2) is 17.2 Å². The Kier molecular flexibility index (Phi) is 1.81. The molecule has 6 heteroatoms. The first-order valence-corrected chi connectivity index (χ1v) is 4.07. The summed E-state index contributed by atoms with van der Waals surface area (Å²) in [6.45, 7) is 1.86. The molecule has 2 rings (SSSR count). The fraction of sp³-hybridized carbons (Fsp3) is 0.125. The monoisotopic (exact) mass is 191 g/mol. The first-order chi connectivity index (χ1) is 6.72. The van der Waals surface area contributed by atoms with Crippen molar-refractivity contribution in [1.29, 1.82) is 0 Å². The summed E-state index contributed by atoms with van der Waals surface area (Å²) in [7, 11) is 0. The van der Waals surface area contributed by atoms with Gasteiger partial charge in [-0.05, 0) is 6.92 Å². The van der Waals surface area contributed by atoms with Crippen LogP contribution in [0.1, 0.15) is 6.92 Å². The zero-order valence-electron chi connectivity index (χ0n) is 7.56. The van der Waals surface area contributed by atoms with Crippen molar-refractivity contribution >= 4 is 23.3 Å². The third kappa shape index (κ3) is 1.17. The molecule has 0 atom stereocenters. The standard InChI is InChI=1S/C8H9N5O/c1-2-3-13-4-10-5-6(13)11-8(9)12-7(5)14/h2-4H,1H3,(H3,9,11,12,14). The molecular weight excluding hydrogens is 182 g/mol. The van der Waals surface area contributed by atoms with Crippen LogP contribution in [0.4, 0.5) is 5.95 Å². The number of hydrogen-bond acceptors (Lipinski definition) is 4. The molecule has 72 valence electrons. The largest absolute Gasteiger partial charge is 0.369 e. The van der Waals surface area contributed by atoms with Crippen molar-refractivity contribution in [1.82, 2.24) is 19.5 Å². The Morgan fingerprint density at radius 2 is 2.43 bits per heavy atom. The predicted molar refractivity (Wildman–Crippen MR) is 53.6 cm³/mol. The molecule has 0 spiro atoms. The first-order valence-electron chi connectivity index (χ1n) is 4.07. The number of imidazole rings is 1. The van der Waals surface area contributed by atoms with E-state index in [-0.39, 0.29) is 17.0 Å². The SMILES string of the molecule is CC=Cn1cnc2c(=O)[nH]c(N)nc21. The van der Waals surface area contributed by atoms with E-state index in [1.807, 2.05) is 13.0 Å². The number of H-pyrrole nitrogens is 1. The molecule has 0 radical (unpaired) electrons. The molecule has 0 saturated heterocycles. The molecule has 14 heavy (non-hydrogen) atoms. The van der Waals surface area contributed by atoms with Crippen LogP contribution in [0.2, 0.25) is 0 Å². The molecule has 0 aliphatic heterocycles. The van der Waals surface area contributed by atoms with Crippen LogP contribution in [0.3, 0.4) is 0 Å². The lowest BCUT2D eigenvalue weighted by molar-refractivity contribution is 1.12. The highest BCUT2D eigenvalue weighted by Gasteiger charge is 2.06. The Balaban J connectivity index is 2.85. The molecule has 0 aromatic carbocycles. The number of aromatic amines is 1. The van der Waals surface area contributed by atoms with E-state index in [0.29, 0.717) is 5.65 Å². The number of nitrogen functional groups attached to an aromatic ring is 1. The summed E-state index contributed by atoms with van der Waals surface area (Å²) in [5.74, 6) is 0.0914. The maximum atomic E-state index is 11.3. The lowest BCUT2D eigenvalue weighted by Gasteiger charge is -1.95. The topological polar surface area (TPSA) is 89.6 Å². The van der Waals surface area contributed by atoms with Gasteiger partial charge in [0.15, 0.2) is 11.2 Å². The second-order valence-electron chi connectivity index (χ2n) is 2.76. The molecule has 0 aliphatic rings. The van der Waals surface area contributed by atoms with Crippen LogP contribution in [-0.2, 0) is 0 Å². The number of anilines is 1. The van der Waals surface area contributed by atoms with Crippen molar-refractivity contribution in [2.45, 2.75) is 6.92 Å². The van der Waals surface area contributed by atoms with E-state index in [1.54, 1.807) is 10.8 Å². The van der Waals surface area contributed by atoms with Crippen LogP contribution in [0.5, 0.6) is 0 Å². The van der Waals surface area contributed by atoms with Crippen molar-refractivity contribution in [3.8, 4) is 0 Å². The highest BCUT2D eigenvalue weighted by molar-refractivity contribution is 5.72. The summed E-state index contributed by atoms with van der Waals surface area (Å²) in [6.07, 6.45) is 5.09. The van der Waals surface area contributed by atoms with Gasteiger partial charge < -0.3 is 5.73 Å². The number of nitrogens with one attached hydrogen (secondary N) is 1. The van der Waals surface area contributed by atoms with E-state index < -0.39 is 0 Å². The normalized spacial score (nSPS) is 11.5. The van der Waals surface area contributed by atoms with Gasteiger partial charge in [0.25, 0.3) is 5.56 Å². The average molecular weight is 191 g/mol.